The molecular weight excluding hydrogens is 316 g/mol. The third-order valence-corrected chi connectivity index (χ3v) is 4.68. The van der Waals surface area contributed by atoms with Crippen LogP contribution in [0.1, 0.15) is 32.3 Å². The minimum atomic E-state index is 0.106. The minimum absolute atomic E-state index is 0.106. The van der Waals surface area contributed by atoms with Gasteiger partial charge < -0.3 is 5.32 Å². The number of nitrogens with zero attached hydrogens (tertiary/aromatic N) is 4. The highest BCUT2D eigenvalue weighted by molar-refractivity contribution is 6.00. The molecule has 7 heteroatoms. The van der Waals surface area contributed by atoms with Gasteiger partial charge in [-0.25, -0.2) is 4.98 Å². The standard InChI is InChI=1S/C18H20N6O/c1-3-14(4-2)24-16(25)8-12-9-19-18(22-17(12)24)21-13-5-6-15-11(7-13)10-20-23-15/h5-7,9-10,14H,3-4,8H2,1-2H3,(H,20,23)(H,19,21,22). The number of hydrogen-bond donors (Lipinski definition) is 2. The summed E-state index contributed by atoms with van der Waals surface area (Å²) >= 11 is 0. The Morgan fingerprint density at radius 1 is 1.28 bits per heavy atom. The summed E-state index contributed by atoms with van der Waals surface area (Å²) in [4.78, 5) is 23.2. The average Bonchev–Trinajstić information content (AvgIpc) is 3.20. The van der Waals surface area contributed by atoms with Crippen molar-refractivity contribution in [3.63, 3.8) is 0 Å². The molecule has 3 aromatic rings. The van der Waals surface area contributed by atoms with E-state index in [2.05, 4.69) is 39.3 Å². The van der Waals surface area contributed by atoms with Gasteiger partial charge in [0.15, 0.2) is 0 Å². The topological polar surface area (TPSA) is 86.8 Å². The Morgan fingerprint density at radius 3 is 2.92 bits per heavy atom. The number of hydrogen-bond acceptors (Lipinski definition) is 5. The van der Waals surface area contributed by atoms with Crippen LogP contribution in [0.2, 0.25) is 0 Å². The Kier molecular flexibility index (Phi) is 3.83. The number of aromatic nitrogens is 4. The van der Waals surface area contributed by atoms with E-state index in [1.54, 1.807) is 12.4 Å². The monoisotopic (exact) mass is 336 g/mol. The summed E-state index contributed by atoms with van der Waals surface area (Å²) < 4.78 is 0. The lowest BCUT2D eigenvalue weighted by molar-refractivity contribution is -0.117. The molecule has 1 aromatic carbocycles. The number of fused-ring (bicyclic) bond motifs is 2. The van der Waals surface area contributed by atoms with E-state index in [9.17, 15) is 4.79 Å². The lowest BCUT2D eigenvalue weighted by Gasteiger charge is -2.25. The molecule has 2 aromatic heterocycles. The van der Waals surface area contributed by atoms with Crippen LogP contribution in [0.3, 0.4) is 0 Å². The Morgan fingerprint density at radius 2 is 2.12 bits per heavy atom. The smallest absolute Gasteiger partial charge is 0.233 e. The Bertz CT molecular complexity index is 930. The number of H-pyrrole nitrogens is 1. The number of amides is 1. The third kappa shape index (κ3) is 2.71. The second kappa shape index (κ2) is 6.16. The van der Waals surface area contributed by atoms with Crippen molar-refractivity contribution in [3.8, 4) is 0 Å². The van der Waals surface area contributed by atoms with Gasteiger partial charge in [-0.2, -0.15) is 10.1 Å². The summed E-state index contributed by atoms with van der Waals surface area (Å²) in [5.74, 6) is 1.34. The maximum Gasteiger partial charge on any atom is 0.233 e. The molecule has 0 unspecified atom stereocenters. The molecular formula is C18H20N6O. The summed E-state index contributed by atoms with van der Waals surface area (Å²) in [6.45, 7) is 4.19. The van der Waals surface area contributed by atoms with E-state index in [0.29, 0.717) is 12.4 Å². The molecule has 0 saturated heterocycles. The number of benzene rings is 1. The largest absolute Gasteiger partial charge is 0.324 e. The molecule has 1 aliphatic rings. The van der Waals surface area contributed by atoms with E-state index in [1.807, 2.05) is 23.1 Å². The predicted molar refractivity (Wildman–Crippen MR) is 97.0 cm³/mol. The third-order valence-electron chi connectivity index (χ3n) is 4.68. The maximum absolute atomic E-state index is 12.4. The van der Waals surface area contributed by atoms with Gasteiger partial charge in [-0.15, -0.1) is 0 Å². The Labute approximate surface area is 145 Å². The lowest BCUT2D eigenvalue weighted by atomic mass is 10.1. The molecule has 3 heterocycles. The quantitative estimate of drug-likeness (QED) is 0.747. The molecule has 0 bridgehead atoms. The van der Waals surface area contributed by atoms with Gasteiger partial charge in [-0.1, -0.05) is 13.8 Å². The molecule has 0 saturated carbocycles. The van der Waals surface area contributed by atoms with E-state index in [-0.39, 0.29) is 11.9 Å². The van der Waals surface area contributed by atoms with Crippen LogP contribution in [-0.2, 0) is 11.2 Å². The normalized spacial score (nSPS) is 13.7. The van der Waals surface area contributed by atoms with E-state index in [4.69, 9.17) is 0 Å². The fourth-order valence-electron chi connectivity index (χ4n) is 3.34. The molecule has 4 rings (SSSR count). The van der Waals surface area contributed by atoms with Crippen molar-refractivity contribution in [2.45, 2.75) is 39.2 Å². The predicted octanol–water partition coefficient (Wildman–Crippen LogP) is 3.17. The van der Waals surface area contributed by atoms with Crippen molar-refractivity contribution < 1.29 is 4.79 Å². The zero-order valence-corrected chi connectivity index (χ0v) is 14.3. The fraction of sp³-hybridized carbons (Fsp3) is 0.333. The number of carbonyl (C=O) groups excluding carboxylic acids is 1. The zero-order valence-electron chi connectivity index (χ0n) is 14.3. The van der Waals surface area contributed by atoms with Gasteiger partial charge >= 0.3 is 0 Å². The molecule has 0 atom stereocenters. The van der Waals surface area contributed by atoms with Crippen molar-refractivity contribution in [3.05, 3.63) is 36.2 Å². The molecule has 128 valence electrons. The van der Waals surface area contributed by atoms with Crippen molar-refractivity contribution in [2.24, 2.45) is 0 Å². The van der Waals surface area contributed by atoms with Gasteiger partial charge in [0, 0.05) is 28.9 Å². The molecule has 2 N–H and O–H groups in total. The summed E-state index contributed by atoms with van der Waals surface area (Å²) in [5.41, 5.74) is 2.76. The first kappa shape index (κ1) is 15.6. The number of aromatic amines is 1. The van der Waals surface area contributed by atoms with E-state index in [0.717, 1.165) is 40.8 Å². The Hall–Kier alpha value is -2.96. The summed E-state index contributed by atoms with van der Waals surface area (Å²) in [6, 6.07) is 6.07. The molecule has 0 spiro atoms. The number of nitrogens with one attached hydrogen (secondary N) is 2. The van der Waals surface area contributed by atoms with E-state index < -0.39 is 0 Å². The van der Waals surface area contributed by atoms with Crippen molar-refractivity contribution in [1.29, 1.82) is 0 Å². The van der Waals surface area contributed by atoms with Crippen LogP contribution in [0.4, 0.5) is 17.5 Å². The van der Waals surface area contributed by atoms with Crippen LogP contribution in [-0.4, -0.2) is 32.1 Å². The molecule has 0 aliphatic carbocycles. The van der Waals surface area contributed by atoms with Crippen molar-refractivity contribution in [2.75, 3.05) is 10.2 Å². The van der Waals surface area contributed by atoms with Crippen LogP contribution in [0.5, 0.6) is 0 Å². The highest BCUT2D eigenvalue weighted by Crippen LogP contribution is 2.31. The van der Waals surface area contributed by atoms with Gasteiger partial charge in [0.05, 0.1) is 18.1 Å². The summed E-state index contributed by atoms with van der Waals surface area (Å²) in [5, 5.41) is 11.2. The Balaban J connectivity index is 1.65. The molecule has 0 fully saturated rings. The molecule has 1 aliphatic heterocycles. The minimum Gasteiger partial charge on any atom is -0.324 e. The summed E-state index contributed by atoms with van der Waals surface area (Å²) in [7, 11) is 0. The fourth-order valence-corrected chi connectivity index (χ4v) is 3.34. The summed E-state index contributed by atoms with van der Waals surface area (Å²) in [6.07, 6.45) is 5.73. The highest BCUT2D eigenvalue weighted by atomic mass is 16.2. The number of rotatable bonds is 5. The van der Waals surface area contributed by atoms with Crippen molar-refractivity contribution in [1.82, 2.24) is 20.2 Å². The second-order valence-corrected chi connectivity index (χ2v) is 6.25. The van der Waals surface area contributed by atoms with Gasteiger partial charge in [0.2, 0.25) is 11.9 Å². The van der Waals surface area contributed by atoms with Gasteiger partial charge in [-0.3, -0.25) is 14.8 Å². The van der Waals surface area contributed by atoms with Crippen LogP contribution in [0, 0.1) is 0 Å². The SMILES string of the molecule is CCC(CC)N1C(=O)Cc2cnc(Nc3ccc4[nH]ncc4c3)nc21. The highest BCUT2D eigenvalue weighted by Gasteiger charge is 2.33. The lowest BCUT2D eigenvalue weighted by Crippen LogP contribution is -2.37. The van der Waals surface area contributed by atoms with Gasteiger partial charge in [-0.05, 0) is 31.0 Å². The van der Waals surface area contributed by atoms with Crippen LogP contribution >= 0.6 is 0 Å². The number of anilines is 3. The zero-order chi connectivity index (χ0) is 17.4. The molecule has 1 amide bonds. The van der Waals surface area contributed by atoms with Crippen LogP contribution in [0.25, 0.3) is 10.9 Å². The first-order valence-corrected chi connectivity index (χ1v) is 8.57. The first-order chi connectivity index (χ1) is 12.2. The maximum atomic E-state index is 12.4. The average molecular weight is 336 g/mol. The molecule has 25 heavy (non-hydrogen) atoms. The van der Waals surface area contributed by atoms with Crippen molar-refractivity contribution >= 4 is 34.3 Å². The van der Waals surface area contributed by atoms with E-state index >= 15 is 0 Å². The molecule has 0 radical (unpaired) electrons. The van der Waals surface area contributed by atoms with Gasteiger partial charge in [0.1, 0.15) is 5.82 Å². The van der Waals surface area contributed by atoms with Gasteiger partial charge in [0.25, 0.3) is 0 Å². The first-order valence-electron chi connectivity index (χ1n) is 8.57. The molecule has 7 nitrogen and oxygen atoms in total. The second-order valence-electron chi connectivity index (χ2n) is 6.25. The van der Waals surface area contributed by atoms with E-state index in [1.165, 1.54) is 0 Å². The number of carbonyl (C=O) groups is 1. The van der Waals surface area contributed by atoms with Crippen LogP contribution < -0.4 is 10.2 Å². The van der Waals surface area contributed by atoms with Crippen LogP contribution in [0.15, 0.2) is 30.6 Å².